The molecule has 3 rings (SSSR count). The molecule has 1 N–H and O–H groups in total. The Labute approximate surface area is 231 Å². The predicted molar refractivity (Wildman–Crippen MR) is 153 cm³/mol. The van der Waals surface area contributed by atoms with E-state index in [4.69, 9.17) is 4.74 Å². The van der Waals surface area contributed by atoms with Gasteiger partial charge in [0.15, 0.2) is 0 Å². The van der Waals surface area contributed by atoms with E-state index in [1.165, 1.54) is 17.0 Å². The van der Waals surface area contributed by atoms with Crippen molar-refractivity contribution in [1.82, 2.24) is 10.2 Å². The largest absolute Gasteiger partial charge is 0.494 e. The molecule has 0 bridgehead atoms. The van der Waals surface area contributed by atoms with Crippen LogP contribution in [-0.2, 0) is 26.2 Å². The number of likely N-dealkylation sites (N-methyl/N-ethyl adjacent to an activating group) is 1. The number of nitrogens with one attached hydrogen (secondary N) is 1. The molecule has 0 aliphatic carbocycles. The Hall–Kier alpha value is -3.85. The van der Waals surface area contributed by atoms with Crippen LogP contribution < -0.4 is 14.4 Å². The molecule has 0 fully saturated rings. The van der Waals surface area contributed by atoms with Crippen LogP contribution in [-0.4, -0.2) is 50.9 Å². The second kappa shape index (κ2) is 13.3. The van der Waals surface area contributed by atoms with Crippen LogP contribution in [0.2, 0.25) is 0 Å². The fourth-order valence-corrected chi connectivity index (χ4v) is 5.57. The van der Waals surface area contributed by atoms with Gasteiger partial charge in [0.2, 0.25) is 11.8 Å². The van der Waals surface area contributed by atoms with E-state index in [0.29, 0.717) is 24.6 Å². The number of amides is 2. The van der Waals surface area contributed by atoms with E-state index in [1.54, 1.807) is 50.2 Å². The van der Waals surface area contributed by atoms with Gasteiger partial charge in [0.25, 0.3) is 10.0 Å². The molecule has 2 amide bonds. The molecule has 3 aromatic rings. The molecular formula is C30H37N3O5S. The van der Waals surface area contributed by atoms with Crippen molar-refractivity contribution in [2.45, 2.75) is 52.1 Å². The maximum atomic E-state index is 13.9. The van der Waals surface area contributed by atoms with E-state index in [1.807, 2.05) is 45.0 Å². The number of benzene rings is 3. The second-order valence-electron chi connectivity index (χ2n) is 9.33. The zero-order valence-electron chi connectivity index (χ0n) is 23.2. The summed E-state index contributed by atoms with van der Waals surface area (Å²) < 4.78 is 34.3. The van der Waals surface area contributed by atoms with E-state index in [0.717, 1.165) is 21.0 Å². The summed E-state index contributed by atoms with van der Waals surface area (Å²) in [6.07, 6.45) is 0. The van der Waals surface area contributed by atoms with E-state index >= 15 is 0 Å². The molecule has 0 radical (unpaired) electrons. The lowest BCUT2D eigenvalue weighted by Crippen LogP contribution is -2.51. The summed E-state index contributed by atoms with van der Waals surface area (Å²) in [5, 5.41) is 2.76. The number of nitrogens with zero attached hydrogens (tertiary/aromatic N) is 2. The van der Waals surface area contributed by atoms with Gasteiger partial charge in [-0.05, 0) is 76.6 Å². The highest BCUT2D eigenvalue weighted by atomic mass is 32.2. The second-order valence-corrected chi connectivity index (χ2v) is 11.2. The quantitative estimate of drug-likeness (QED) is 0.359. The molecule has 0 heterocycles. The lowest BCUT2D eigenvalue weighted by molar-refractivity contribution is -0.139. The molecular weight excluding hydrogens is 514 g/mol. The summed E-state index contributed by atoms with van der Waals surface area (Å²) in [6.45, 7) is 9.70. The molecule has 0 saturated heterocycles. The van der Waals surface area contributed by atoms with Crippen LogP contribution in [0.5, 0.6) is 5.75 Å². The minimum Gasteiger partial charge on any atom is -0.494 e. The molecule has 0 saturated carbocycles. The Morgan fingerprint density at radius 2 is 1.59 bits per heavy atom. The van der Waals surface area contributed by atoms with Gasteiger partial charge in [-0.15, -0.1) is 0 Å². The van der Waals surface area contributed by atoms with Gasteiger partial charge in [0, 0.05) is 13.1 Å². The minimum absolute atomic E-state index is 0.0290. The summed E-state index contributed by atoms with van der Waals surface area (Å²) in [6, 6.07) is 19.9. The molecule has 1 atom stereocenters. The van der Waals surface area contributed by atoms with E-state index < -0.39 is 28.5 Å². The fraction of sp³-hybridized carbons (Fsp3) is 0.333. The topological polar surface area (TPSA) is 96.0 Å². The van der Waals surface area contributed by atoms with Crippen LogP contribution in [0, 0.1) is 13.8 Å². The maximum Gasteiger partial charge on any atom is 0.264 e. The third kappa shape index (κ3) is 7.60. The van der Waals surface area contributed by atoms with Crippen molar-refractivity contribution in [2.24, 2.45) is 0 Å². The third-order valence-electron chi connectivity index (χ3n) is 6.28. The Balaban J connectivity index is 2.01. The number of anilines is 1. The molecule has 0 aliphatic rings. The summed E-state index contributed by atoms with van der Waals surface area (Å²) in [5.74, 6) is -0.255. The van der Waals surface area contributed by atoms with Crippen LogP contribution >= 0.6 is 0 Å². The first kappa shape index (κ1) is 29.7. The number of ether oxygens (including phenoxy) is 1. The molecule has 9 heteroatoms. The first-order chi connectivity index (χ1) is 18.6. The van der Waals surface area contributed by atoms with Gasteiger partial charge >= 0.3 is 0 Å². The molecule has 0 aliphatic heterocycles. The van der Waals surface area contributed by atoms with Gasteiger partial charge < -0.3 is 15.0 Å². The van der Waals surface area contributed by atoms with Crippen molar-refractivity contribution >= 4 is 27.5 Å². The third-order valence-corrected chi connectivity index (χ3v) is 8.07. The molecule has 0 aromatic heterocycles. The van der Waals surface area contributed by atoms with Gasteiger partial charge in [-0.3, -0.25) is 13.9 Å². The Morgan fingerprint density at radius 1 is 0.923 bits per heavy atom. The highest BCUT2D eigenvalue weighted by molar-refractivity contribution is 7.92. The number of carbonyl (C=O) groups is 2. The number of aryl methyl sites for hydroxylation is 2. The van der Waals surface area contributed by atoms with Gasteiger partial charge in [-0.25, -0.2) is 8.42 Å². The smallest absolute Gasteiger partial charge is 0.264 e. The van der Waals surface area contributed by atoms with Crippen LogP contribution in [0.4, 0.5) is 5.69 Å². The maximum absolute atomic E-state index is 13.9. The summed E-state index contributed by atoms with van der Waals surface area (Å²) in [7, 11) is -4.13. The summed E-state index contributed by atoms with van der Waals surface area (Å²) in [4.78, 5) is 28.1. The number of sulfonamides is 1. The van der Waals surface area contributed by atoms with Crippen molar-refractivity contribution in [3.63, 3.8) is 0 Å². The average Bonchev–Trinajstić information content (AvgIpc) is 2.91. The van der Waals surface area contributed by atoms with Crippen LogP contribution in [0.15, 0.2) is 77.7 Å². The molecule has 208 valence electrons. The van der Waals surface area contributed by atoms with Crippen LogP contribution in [0.3, 0.4) is 0 Å². The highest BCUT2D eigenvalue weighted by Gasteiger charge is 2.32. The molecule has 39 heavy (non-hydrogen) atoms. The summed E-state index contributed by atoms with van der Waals surface area (Å²) in [5.41, 5.74) is 3.17. The van der Waals surface area contributed by atoms with Crippen molar-refractivity contribution in [2.75, 3.05) is 24.0 Å². The number of hydrogen-bond donors (Lipinski definition) is 1. The van der Waals surface area contributed by atoms with Crippen molar-refractivity contribution in [3.8, 4) is 5.75 Å². The minimum atomic E-state index is -4.13. The van der Waals surface area contributed by atoms with Gasteiger partial charge in [-0.2, -0.15) is 0 Å². The molecule has 0 unspecified atom stereocenters. The Morgan fingerprint density at radius 3 is 2.18 bits per heavy atom. The Kier molecular flexibility index (Phi) is 10.1. The molecule has 0 spiro atoms. The highest BCUT2D eigenvalue weighted by Crippen LogP contribution is 2.26. The van der Waals surface area contributed by atoms with Gasteiger partial charge in [-0.1, -0.05) is 47.5 Å². The summed E-state index contributed by atoms with van der Waals surface area (Å²) >= 11 is 0. The number of hydrogen-bond acceptors (Lipinski definition) is 5. The van der Waals surface area contributed by atoms with Crippen LogP contribution in [0.25, 0.3) is 0 Å². The van der Waals surface area contributed by atoms with Crippen molar-refractivity contribution in [1.29, 1.82) is 0 Å². The van der Waals surface area contributed by atoms with Gasteiger partial charge in [0.1, 0.15) is 18.3 Å². The van der Waals surface area contributed by atoms with Crippen LogP contribution in [0.1, 0.15) is 37.5 Å². The number of carbonyl (C=O) groups excluding carboxylic acids is 2. The van der Waals surface area contributed by atoms with E-state index in [-0.39, 0.29) is 17.3 Å². The zero-order chi connectivity index (χ0) is 28.6. The standard InChI is InChI=1S/C30H37N3O5S/c1-6-31-30(35)24(5)32(20-25-10-8-9-23(4)19-25)29(34)21-33(26-13-11-22(3)12-14-26)39(36,37)28-17-15-27(16-18-28)38-7-2/h8-19,24H,6-7,20-21H2,1-5H3,(H,31,35)/t24-/m1/s1. The Bertz CT molecular complexity index is 1370. The monoisotopic (exact) mass is 551 g/mol. The normalized spacial score (nSPS) is 11.9. The SMILES string of the molecule is CCNC(=O)[C@@H](C)N(Cc1cccc(C)c1)C(=O)CN(c1ccc(C)cc1)S(=O)(=O)c1ccc(OCC)cc1. The average molecular weight is 552 g/mol. The van der Waals surface area contributed by atoms with Gasteiger partial charge in [0.05, 0.1) is 17.2 Å². The first-order valence-corrected chi connectivity index (χ1v) is 14.5. The fourth-order valence-electron chi connectivity index (χ4n) is 4.15. The first-order valence-electron chi connectivity index (χ1n) is 13.0. The molecule has 3 aromatic carbocycles. The zero-order valence-corrected chi connectivity index (χ0v) is 24.0. The van der Waals surface area contributed by atoms with E-state index in [9.17, 15) is 18.0 Å². The lowest BCUT2D eigenvalue weighted by Gasteiger charge is -2.32. The van der Waals surface area contributed by atoms with Crippen molar-refractivity contribution < 1.29 is 22.7 Å². The predicted octanol–water partition coefficient (Wildman–Crippen LogP) is 4.45. The lowest BCUT2D eigenvalue weighted by atomic mass is 10.1. The van der Waals surface area contributed by atoms with E-state index in [2.05, 4.69) is 5.32 Å². The van der Waals surface area contributed by atoms with Crippen molar-refractivity contribution in [3.05, 3.63) is 89.5 Å². The number of rotatable bonds is 12. The molecule has 8 nitrogen and oxygen atoms in total.